The van der Waals surface area contributed by atoms with Crippen LogP contribution in [-0.2, 0) is 4.79 Å². The fraction of sp³-hybridized carbons (Fsp3) is 0.385. The maximum absolute atomic E-state index is 12.1. The van der Waals surface area contributed by atoms with Gasteiger partial charge in [-0.25, -0.2) is 9.69 Å². The van der Waals surface area contributed by atoms with Gasteiger partial charge in [-0.3, -0.25) is 4.79 Å². The van der Waals surface area contributed by atoms with E-state index in [1.54, 1.807) is 12.1 Å². The molecule has 0 aromatic heterocycles. The second-order valence-electron chi connectivity index (χ2n) is 4.15. The van der Waals surface area contributed by atoms with Gasteiger partial charge in [0, 0.05) is 0 Å². The van der Waals surface area contributed by atoms with Gasteiger partial charge >= 0.3 is 6.03 Å². The van der Waals surface area contributed by atoms with Crippen LogP contribution in [0.3, 0.4) is 0 Å². The topological polar surface area (TPSA) is 49.4 Å². The predicted molar refractivity (Wildman–Crippen MR) is 65.8 cm³/mol. The average Bonchev–Trinajstić information content (AvgIpc) is 2.63. The molecule has 1 heterocycles. The zero-order chi connectivity index (χ0) is 12.3. The van der Waals surface area contributed by atoms with Crippen LogP contribution < -0.4 is 10.2 Å². The van der Waals surface area contributed by atoms with Crippen molar-refractivity contribution in [2.75, 3.05) is 4.90 Å². The minimum absolute atomic E-state index is 0.144. The quantitative estimate of drug-likeness (QED) is 0.810. The summed E-state index contributed by atoms with van der Waals surface area (Å²) in [6, 6.07) is 8.34. The highest BCUT2D eigenvalue weighted by atomic mass is 16.2. The summed E-state index contributed by atoms with van der Waals surface area (Å²) in [5.41, 5.74) is 0.633. The second-order valence-corrected chi connectivity index (χ2v) is 4.15. The molecule has 90 valence electrons. The van der Waals surface area contributed by atoms with Crippen LogP contribution in [0.4, 0.5) is 10.5 Å². The fourth-order valence-corrected chi connectivity index (χ4v) is 1.96. The van der Waals surface area contributed by atoms with Gasteiger partial charge < -0.3 is 5.32 Å². The molecule has 0 spiro atoms. The SMILES string of the molecule is CCCCC1NC(=O)N(c2ccccc2)C1=O. The molecule has 17 heavy (non-hydrogen) atoms. The summed E-state index contributed by atoms with van der Waals surface area (Å²) >= 11 is 0. The lowest BCUT2D eigenvalue weighted by atomic mass is 10.1. The van der Waals surface area contributed by atoms with Crippen LogP contribution in [0.15, 0.2) is 30.3 Å². The number of amides is 3. The molecule has 1 aliphatic rings. The Kier molecular flexibility index (Phi) is 3.42. The Morgan fingerprint density at radius 1 is 1.24 bits per heavy atom. The van der Waals surface area contributed by atoms with Gasteiger partial charge in [0.25, 0.3) is 5.91 Å². The monoisotopic (exact) mass is 232 g/mol. The number of nitrogens with one attached hydrogen (secondary N) is 1. The van der Waals surface area contributed by atoms with Crippen LogP contribution in [-0.4, -0.2) is 18.0 Å². The van der Waals surface area contributed by atoms with Gasteiger partial charge in [0.05, 0.1) is 5.69 Å². The number of nitrogens with zero attached hydrogens (tertiary/aromatic N) is 1. The number of rotatable bonds is 4. The fourth-order valence-electron chi connectivity index (χ4n) is 1.96. The Hall–Kier alpha value is -1.84. The van der Waals surface area contributed by atoms with Crippen molar-refractivity contribution in [3.05, 3.63) is 30.3 Å². The van der Waals surface area contributed by atoms with Gasteiger partial charge in [0.2, 0.25) is 0 Å². The minimum atomic E-state index is -0.359. The van der Waals surface area contributed by atoms with E-state index < -0.39 is 0 Å². The van der Waals surface area contributed by atoms with Crippen LogP contribution in [0, 0.1) is 0 Å². The number of hydrogen-bond donors (Lipinski definition) is 1. The second kappa shape index (κ2) is 4.99. The maximum Gasteiger partial charge on any atom is 0.329 e. The molecule has 1 saturated heterocycles. The van der Waals surface area contributed by atoms with Crippen molar-refractivity contribution in [3.63, 3.8) is 0 Å². The number of carbonyl (C=O) groups excluding carboxylic acids is 2. The molecule has 1 aliphatic heterocycles. The molecule has 4 heteroatoms. The summed E-state index contributed by atoms with van der Waals surface area (Å²) in [7, 11) is 0. The zero-order valence-electron chi connectivity index (χ0n) is 9.85. The zero-order valence-corrected chi connectivity index (χ0v) is 9.85. The number of urea groups is 1. The molecule has 1 N–H and O–H groups in total. The third-order valence-corrected chi connectivity index (χ3v) is 2.88. The lowest BCUT2D eigenvalue weighted by Crippen LogP contribution is -2.31. The molecule has 1 fully saturated rings. The lowest BCUT2D eigenvalue weighted by molar-refractivity contribution is -0.118. The Morgan fingerprint density at radius 2 is 1.94 bits per heavy atom. The standard InChI is InChI=1S/C13H16N2O2/c1-2-3-9-11-12(16)15(13(17)14-11)10-7-5-4-6-8-10/h4-8,11H,2-3,9H2,1H3,(H,14,17). The third kappa shape index (κ3) is 2.30. The molecule has 0 saturated carbocycles. The molecule has 1 aromatic carbocycles. The molecule has 0 radical (unpaired) electrons. The van der Waals surface area contributed by atoms with Crippen molar-refractivity contribution < 1.29 is 9.59 Å². The van der Waals surface area contributed by atoms with Crippen LogP contribution in [0.1, 0.15) is 26.2 Å². The number of hydrogen-bond acceptors (Lipinski definition) is 2. The highest BCUT2D eigenvalue weighted by molar-refractivity contribution is 6.21. The largest absolute Gasteiger partial charge is 0.329 e. The molecule has 4 nitrogen and oxygen atoms in total. The maximum atomic E-state index is 12.1. The Balaban J connectivity index is 2.15. The summed E-state index contributed by atoms with van der Waals surface area (Å²) in [5, 5.41) is 2.72. The molecule has 1 unspecified atom stereocenters. The van der Waals surface area contributed by atoms with Gasteiger partial charge in [-0.2, -0.15) is 0 Å². The van der Waals surface area contributed by atoms with E-state index in [4.69, 9.17) is 0 Å². The Labute approximate surface area is 101 Å². The summed E-state index contributed by atoms with van der Waals surface area (Å²) in [5.74, 6) is -0.144. The van der Waals surface area contributed by atoms with Gasteiger partial charge in [0.1, 0.15) is 6.04 Å². The van der Waals surface area contributed by atoms with Crippen LogP contribution >= 0.6 is 0 Å². The first-order valence-corrected chi connectivity index (χ1v) is 5.93. The molecular formula is C13H16N2O2. The summed E-state index contributed by atoms with van der Waals surface area (Å²) in [6.45, 7) is 2.07. The molecule has 2 rings (SSSR count). The Morgan fingerprint density at radius 3 is 2.59 bits per heavy atom. The number of para-hydroxylation sites is 1. The normalized spacial score (nSPS) is 19.6. The first-order valence-electron chi connectivity index (χ1n) is 5.93. The number of unbranched alkanes of at least 4 members (excludes halogenated alkanes) is 1. The van der Waals surface area contributed by atoms with Gasteiger partial charge in [-0.05, 0) is 18.6 Å². The molecule has 0 bridgehead atoms. The average molecular weight is 232 g/mol. The first kappa shape index (κ1) is 11.6. The smallest absolute Gasteiger partial charge is 0.325 e. The van der Waals surface area contributed by atoms with Crippen LogP contribution in [0.25, 0.3) is 0 Å². The van der Waals surface area contributed by atoms with E-state index in [0.717, 1.165) is 12.8 Å². The van der Waals surface area contributed by atoms with Crippen molar-refractivity contribution in [2.24, 2.45) is 0 Å². The van der Waals surface area contributed by atoms with E-state index in [-0.39, 0.29) is 18.0 Å². The number of carbonyl (C=O) groups is 2. The summed E-state index contributed by atoms with van der Waals surface area (Å²) in [6.07, 6.45) is 2.68. The van der Waals surface area contributed by atoms with Gasteiger partial charge in [0.15, 0.2) is 0 Å². The number of imide groups is 1. The molecule has 1 aromatic rings. The lowest BCUT2D eigenvalue weighted by Gasteiger charge is -2.12. The van der Waals surface area contributed by atoms with Crippen LogP contribution in [0.5, 0.6) is 0 Å². The molecule has 3 amide bonds. The molecule has 0 aliphatic carbocycles. The summed E-state index contributed by atoms with van der Waals surface area (Å²) < 4.78 is 0. The summed E-state index contributed by atoms with van der Waals surface area (Å²) in [4.78, 5) is 25.0. The first-order chi connectivity index (χ1) is 8.24. The highest BCUT2D eigenvalue weighted by Gasteiger charge is 2.38. The van der Waals surface area contributed by atoms with Crippen LogP contribution in [0.2, 0.25) is 0 Å². The Bertz CT molecular complexity index is 417. The number of anilines is 1. The van der Waals surface area contributed by atoms with Crippen molar-refractivity contribution in [3.8, 4) is 0 Å². The van der Waals surface area contributed by atoms with Crippen molar-refractivity contribution >= 4 is 17.6 Å². The van der Waals surface area contributed by atoms with Crippen molar-refractivity contribution in [1.29, 1.82) is 0 Å². The number of benzene rings is 1. The van der Waals surface area contributed by atoms with Gasteiger partial charge in [-0.15, -0.1) is 0 Å². The third-order valence-electron chi connectivity index (χ3n) is 2.88. The predicted octanol–water partition coefficient (Wildman–Crippen LogP) is 2.30. The van der Waals surface area contributed by atoms with E-state index in [1.165, 1.54) is 4.90 Å². The highest BCUT2D eigenvalue weighted by Crippen LogP contribution is 2.20. The van der Waals surface area contributed by atoms with E-state index >= 15 is 0 Å². The molecular weight excluding hydrogens is 216 g/mol. The van der Waals surface area contributed by atoms with Crippen molar-refractivity contribution in [2.45, 2.75) is 32.2 Å². The van der Waals surface area contributed by atoms with E-state index in [2.05, 4.69) is 12.2 Å². The minimum Gasteiger partial charge on any atom is -0.325 e. The van der Waals surface area contributed by atoms with Crippen molar-refractivity contribution in [1.82, 2.24) is 5.32 Å². The molecule has 1 atom stereocenters. The van der Waals surface area contributed by atoms with E-state index in [9.17, 15) is 9.59 Å². The van der Waals surface area contributed by atoms with E-state index in [1.807, 2.05) is 18.2 Å². The van der Waals surface area contributed by atoms with Gasteiger partial charge in [-0.1, -0.05) is 38.0 Å². The van der Waals surface area contributed by atoms with E-state index in [0.29, 0.717) is 12.1 Å².